The van der Waals surface area contributed by atoms with Gasteiger partial charge in [0.2, 0.25) is 11.8 Å². The van der Waals surface area contributed by atoms with Gasteiger partial charge in [0.15, 0.2) is 5.17 Å². The van der Waals surface area contributed by atoms with Gasteiger partial charge in [-0.3, -0.25) is 14.5 Å². The fraction of sp³-hybridized carbons (Fsp3) is 0.238. The number of carbonyl (C=O) groups excluding carboxylic acids is 3. The van der Waals surface area contributed by atoms with Gasteiger partial charge < -0.3 is 10.1 Å². The van der Waals surface area contributed by atoms with E-state index in [-0.39, 0.29) is 18.2 Å². The predicted molar refractivity (Wildman–Crippen MR) is 113 cm³/mol. The lowest BCUT2D eigenvalue weighted by molar-refractivity contribution is -0.128. The average molecular weight is 429 g/mol. The van der Waals surface area contributed by atoms with Gasteiger partial charge in [0.25, 0.3) is 0 Å². The first-order valence-corrected chi connectivity index (χ1v) is 10.1. The number of anilines is 1. The Morgan fingerprint density at radius 2 is 1.83 bits per heavy atom. The molecule has 0 saturated carbocycles. The highest BCUT2D eigenvalue weighted by molar-refractivity contribution is 8.15. The first kappa shape index (κ1) is 21.5. The Balaban J connectivity index is 1.69. The van der Waals surface area contributed by atoms with Crippen LogP contribution >= 0.6 is 11.8 Å². The van der Waals surface area contributed by atoms with Crippen molar-refractivity contribution in [1.29, 1.82) is 0 Å². The zero-order valence-electron chi connectivity index (χ0n) is 16.4. The van der Waals surface area contributed by atoms with Crippen molar-refractivity contribution < 1.29 is 23.5 Å². The van der Waals surface area contributed by atoms with E-state index >= 15 is 0 Å². The van der Waals surface area contributed by atoms with E-state index in [2.05, 4.69) is 15.0 Å². The number of halogens is 1. The molecule has 1 N–H and O–H groups in total. The monoisotopic (exact) mass is 429 g/mol. The standard InChI is InChI=1S/C21H20FN3O4S/c1-3-25-19(27)17(12-18(26)23-15-10-6-14(22)7-11-15)30-21(25)24-16-8-4-13(5-9-16)20(28)29-2/h4-11,17H,3,12H2,1-2H3,(H,23,26)/t17-/m0/s1. The van der Waals surface area contributed by atoms with Gasteiger partial charge in [-0.2, -0.15) is 0 Å². The molecule has 7 nitrogen and oxygen atoms in total. The van der Waals surface area contributed by atoms with Crippen molar-refractivity contribution in [2.75, 3.05) is 19.0 Å². The van der Waals surface area contributed by atoms with Crippen molar-refractivity contribution in [2.45, 2.75) is 18.6 Å². The maximum Gasteiger partial charge on any atom is 0.337 e. The fourth-order valence-electron chi connectivity index (χ4n) is 2.83. The zero-order chi connectivity index (χ0) is 21.7. The highest BCUT2D eigenvalue weighted by Gasteiger charge is 2.38. The summed E-state index contributed by atoms with van der Waals surface area (Å²) in [4.78, 5) is 42.6. The van der Waals surface area contributed by atoms with E-state index in [0.29, 0.717) is 28.7 Å². The van der Waals surface area contributed by atoms with Crippen LogP contribution in [0, 0.1) is 5.82 Å². The number of nitrogens with zero attached hydrogens (tertiary/aromatic N) is 2. The van der Waals surface area contributed by atoms with Crippen LogP contribution in [0.25, 0.3) is 0 Å². The largest absolute Gasteiger partial charge is 0.465 e. The van der Waals surface area contributed by atoms with Crippen molar-refractivity contribution in [3.8, 4) is 0 Å². The Morgan fingerprint density at radius 1 is 1.17 bits per heavy atom. The molecule has 3 rings (SSSR count). The quantitative estimate of drug-likeness (QED) is 0.709. The molecule has 1 heterocycles. The number of carbonyl (C=O) groups is 3. The Bertz CT molecular complexity index is 977. The van der Waals surface area contributed by atoms with Gasteiger partial charge in [-0.1, -0.05) is 11.8 Å². The molecule has 1 aliphatic heterocycles. The number of nitrogens with one attached hydrogen (secondary N) is 1. The molecule has 1 atom stereocenters. The highest BCUT2D eigenvalue weighted by atomic mass is 32.2. The molecule has 0 radical (unpaired) electrons. The Kier molecular flexibility index (Phi) is 6.83. The number of rotatable bonds is 6. The maximum absolute atomic E-state index is 13.0. The van der Waals surface area contributed by atoms with E-state index in [0.717, 1.165) is 0 Å². The lowest BCUT2D eigenvalue weighted by Gasteiger charge is -2.13. The second-order valence-corrected chi connectivity index (χ2v) is 7.55. The second-order valence-electron chi connectivity index (χ2n) is 6.38. The highest BCUT2D eigenvalue weighted by Crippen LogP contribution is 2.31. The molecule has 2 aromatic rings. The molecule has 1 saturated heterocycles. The van der Waals surface area contributed by atoms with E-state index in [9.17, 15) is 18.8 Å². The van der Waals surface area contributed by atoms with Gasteiger partial charge in [0.05, 0.1) is 18.4 Å². The lowest BCUT2D eigenvalue weighted by Crippen LogP contribution is -2.33. The molecule has 30 heavy (non-hydrogen) atoms. The molecule has 9 heteroatoms. The topological polar surface area (TPSA) is 88.1 Å². The summed E-state index contributed by atoms with van der Waals surface area (Å²) < 4.78 is 17.7. The minimum atomic E-state index is -0.599. The molecule has 0 aromatic heterocycles. The van der Waals surface area contributed by atoms with E-state index in [1.165, 1.54) is 48.0 Å². The molecular weight excluding hydrogens is 409 g/mol. The van der Waals surface area contributed by atoms with Crippen LogP contribution in [0.4, 0.5) is 15.8 Å². The number of benzene rings is 2. The minimum absolute atomic E-state index is 0.0301. The summed E-state index contributed by atoms with van der Waals surface area (Å²) in [6, 6.07) is 11.9. The zero-order valence-corrected chi connectivity index (χ0v) is 17.2. The molecule has 2 aromatic carbocycles. The predicted octanol–water partition coefficient (Wildman–Crippen LogP) is 3.59. The van der Waals surface area contributed by atoms with Gasteiger partial charge in [0, 0.05) is 18.7 Å². The third-order valence-corrected chi connectivity index (χ3v) is 5.52. The number of methoxy groups -OCH3 is 1. The summed E-state index contributed by atoms with van der Waals surface area (Å²) >= 11 is 1.22. The molecule has 0 aliphatic carbocycles. The van der Waals surface area contributed by atoms with Gasteiger partial charge in [0.1, 0.15) is 11.1 Å². The van der Waals surface area contributed by atoms with Crippen LogP contribution in [-0.2, 0) is 14.3 Å². The van der Waals surface area contributed by atoms with E-state index in [1.807, 2.05) is 6.92 Å². The van der Waals surface area contributed by atoms with Crippen molar-refractivity contribution >= 4 is 46.1 Å². The maximum atomic E-state index is 13.0. The van der Waals surface area contributed by atoms with E-state index in [4.69, 9.17) is 0 Å². The van der Waals surface area contributed by atoms with Gasteiger partial charge in [-0.15, -0.1) is 0 Å². The van der Waals surface area contributed by atoms with Crippen LogP contribution in [-0.4, -0.2) is 46.8 Å². The lowest BCUT2D eigenvalue weighted by atomic mass is 10.2. The van der Waals surface area contributed by atoms with Crippen LogP contribution in [0.3, 0.4) is 0 Å². The van der Waals surface area contributed by atoms with Crippen LogP contribution in [0.2, 0.25) is 0 Å². The van der Waals surface area contributed by atoms with Crippen LogP contribution < -0.4 is 5.32 Å². The number of amidine groups is 1. The van der Waals surface area contributed by atoms with E-state index < -0.39 is 17.0 Å². The van der Waals surface area contributed by atoms with Crippen LogP contribution in [0.15, 0.2) is 53.5 Å². The fourth-order valence-corrected chi connectivity index (χ4v) is 4.05. The normalized spacial score (nSPS) is 17.3. The van der Waals surface area contributed by atoms with Crippen LogP contribution in [0.1, 0.15) is 23.7 Å². The van der Waals surface area contributed by atoms with E-state index in [1.54, 1.807) is 24.3 Å². The number of amides is 2. The average Bonchev–Trinajstić information content (AvgIpc) is 3.03. The molecule has 1 fully saturated rings. The summed E-state index contributed by atoms with van der Waals surface area (Å²) in [6.45, 7) is 2.25. The summed E-state index contributed by atoms with van der Waals surface area (Å²) in [7, 11) is 1.31. The van der Waals surface area contributed by atoms with Crippen molar-refractivity contribution in [3.63, 3.8) is 0 Å². The third-order valence-electron chi connectivity index (χ3n) is 4.35. The Labute approximate surface area is 177 Å². The number of hydrogen-bond acceptors (Lipinski definition) is 6. The molecule has 2 amide bonds. The number of thioether (sulfide) groups is 1. The molecule has 1 aliphatic rings. The third kappa shape index (κ3) is 5.04. The molecule has 0 unspecified atom stereocenters. The minimum Gasteiger partial charge on any atom is -0.465 e. The number of ether oxygens (including phenoxy) is 1. The first-order chi connectivity index (χ1) is 14.4. The number of hydrogen-bond donors (Lipinski definition) is 1. The summed E-state index contributed by atoms with van der Waals surface area (Å²) in [5, 5.41) is 2.56. The summed E-state index contributed by atoms with van der Waals surface area (Å²) in [5.41, 5.74) is 1.44. The molecular formula is C21H20FN3O4S. The summed E-state index contributed by atoms with van der Waals surface area (Å²) in [6.07, 6.45) is -0.0301. The summed E-state index contributed by atoms with van der Waals surface area (Å²) in [5.74, 6) is -1.37. The SMILES string of the molecule is CCN1C(=O)[C@H](CC(=O)Nc2ccc(F)cc2)SC1=Nc1ccc(C(=O)OC)cc1. The molecule has 0 bridgehead atoms. The van der Waals surface area contributed by atoms with Crippen LogP contribution in [0.5, 0.6) is 0 Å². The number of esters is 1. The number of aliphatic imine (C=N–C) groups is 1. The van der Waals surface area contributed by atoms with Gasteiger partial charge in [-0.05, 0) is 55.5 Å². The van der Waals surface area contributed by atoms with Crippen molar-refractivity contribution in [3.05, 3.63) is 59.9 Å². The first-order valence-electron chi connectivity index (χ1n) is 9.21. The van der Waals surface area contributed by atoms with Crippen molar-refractivity contribution in [2.24, 2.45) is 4.99 Å². The molecule has 0 spiro atoms. The van der Waals surface area contributed by atoms with Gasteiger partial charge in [-0.25, -0.2) is 14.2 Å². The Hall–Kier alpha value is -3.20. The van der Waals surface area contributed by atoms with Crippen molar-refractivity contribution in [1.82, 2.24) is 4.90 Å². The second kappa shape index (κ2) is 9.53. The Morgan fingerprint density at radius 3 is 2.43 bits per heavy atom. The van der Waals surface area contributed by atoms with Gasteiger partial charge >= 0.3 is 5.97 Å². The smallest absolute Gasteiger partial charge is 0.337 e. The molecule has 156 valence electrons.